The average molecular weight is 281 g/mol. The largest absolute Gasteiger partial charge is 0.396 e. The van der Waals surface area contributed by atoms with Crippen molar-refractivity contribution in [2.75, 3.05) is 24.7 Å². The molecule has 0 spiro atoms. The van der Waals surface area contributed by atoms with Crippen molar-refractivity contribution in [3.05, 3.63) is 35.9 Å². The number of hydrogen-bond acceptors (Lipinski definition) is 3. The zero-order chi connectivity index (χ0) is 13.8. The van der Waals surface area contributed by atoms with Gasteiger partial charge in [-0.25, -0.2) is 0 Å². The van der Waals surface area contributed by atoms with Gasteiger partial charge in [0.1, 0.15) is 0 Å². The first-order valence-electron chi connectivity index (χ1n) is 6.82. The Hall–Kier alpha value is -1.00. The van der Waals surface area contributed by atoms with Gasteiger partial charge in [-0.15, -0.1) is 0 Å². The molecular formula is C15H23NO2S. The second-order valence-electron chi connectivity index (χ2n) is 4.42. The SMILES string of the molecule is O=C(CSCCc1ccccc1)NCCCCCO. The Bertz CT molecular complexity index is 343. The molecule has 0 atom stereocenters. The van der Waals surface area contributed by atoms with Crippen LogP contribution in [-0.4, -0.2) is 35.7 Å². The Kier molecular flexibility index (Phi) is 9.19. The van der Waals surface area contributed by atoms with Gasteiger partial charge < -0.3 is 10.4 Å². The van der Waals surface area contributed by atoms with Crippen LogP contribution in [0.5, 0.6) is 0 Å². The summed E-state index contributed by atoms with van der Waals surface area (Å²) in [5.74, 6) is 1.62. The lowest BCUT2D eigenvalue weighted by Crippen LogP contribution is -2.26. The van der Waals surface area contributed by atoms with E-state index in [4.69, 9.17) is 5.11 Å². The Morgan fingerprint density at radius 2 is 1.95 bits per heavy atom. The zero-order valence-corrected chi connectivity index (χ0v) is 12.1. The van der Waals surface area contributed by atoms with Crippen LogP contribution in [-0.2, 0) is 11.2 Å². The third kappa shape index (κ3) is 8.67. The molecule has 3 nitrogen and oxygen atoms in total. The van der Waals surface area contributed by atoms with Gasteiger partial charge in [0.15, 0.2) is 0 Å². The molecule has 0 unspecified atom stereocenters. The lowest BCUT2D eigenvalue weighted by atomic mass is 10.2. The van der Waals surface area contributed by atoms with Crippen LogP contribution in [0.3, 0.4) is 0 Å². The van der Waals surface area contributed by atoms with Crippen LogP contribution in [0.15, 0.2) is 30.3 Å². The van der Waals surface area contributed by atoms with Gasteiger partial charge in [0.2, 0.25) is 5.91 Å². The summed E-state index contributed by atoms with van der Waals surface area (Å²) in [7, 11) is 0. The van der Waals surface area contributed by atoms with Crippen molar-refractivity contribution in [3.8, 4) is 0 Å². The minimum Gasteiger partial charge on any atom is -0.396 e. The third-order valence-corrected chi connectivity index (χ3v) is 3.73. The monoisotopic (exact) mass is 281 g/mol. The summed E-state index contributed by atoms with van der Waals surface area (Å²) >= 11 is 1.67. The summed E-state index contributed by atoms with van der Waals surface area (Å²) in [4.78, 5) is 11.5. The maximum absolute atomic E-state index is 11.5. The number of unbranched alkanes of at least 4 members (excludes halogenated alkanes) is 2. The number of aliphatic hydroxyl groups is 1. The number of carbonyl (C=O) groups excluding carboxylic acids is 1. The van der Waals surface area contributed by atoms with E-state index in [0.717, 1.165) is 38.0 Å². The van der Waals surface area contributed by atoms with Crippen LogP contribution in [0.2, 0.25) is 0 Å². The number of amides is 1. The van der Waals surface area contributed by atoms with E-state index in [9.17, 15) is 4.79 Å². The fraction of sp³-hybridized carbons (Fsp3) is 0.533. The lowest BCUT2D eigenvalue weighted by molar-refractivity contribution is -0.118. The van der Waals surface area contributed by atoms with Crippen molar-refractivity contribution >= 4 is 17.7 Å². The smallest absolute Gasteiger partial charge is 0.229 e. The topological polar surface area (TPSA) is 49.3 Å². The van der Waals surface area contributed by atoms with Gasteiger partial charge in [-0.2, -0.15) is 11.8 Å². The lowest BCUT2D eigenvalue weighted by Gasteiger charge is -2.05. The Labute approximate surface area is 119 Å². The molecule has 0 heterocycles. The first kappa shape index (κ1) is 16.1. The first-order chi connectivity index (χ1) is 9.33. The maximum atomic E-state index is 11.5. The van der Waals surface area contributed by atoms with Gasteiger partial charge in [-0.3, -0.25) is 4.79 Å². The van der Waals surface area contributed by atoms with Crippen LogP contribution in [0.4, 0.5) is 0 Å². The van der Waals surface area contributed by atoms with Crippen molar-refractivity contribution in [2.24, 2.45) is 0 Å². The van der Waals surface area contributed by atoms with Gasteiger partial charge in [0.25, 0.3) is 0 Å². The number of rotatable bonds is 10. The second kappa shape index (κ2) is 10.9. The van der Waals surface area contributed by atoms with E-state index >= 15 is 0 Å². The summed E-state index contributed by atoms with van der Waals surface area (Å²) in [6.07, 6.45) is 3.75. The summed E-state index contributed by atoms with van der Waals surface area (Å²) in [5, 5.41) is 11.5. The molecule has 0 radical (unpaired) electrons. The molecule has 0 aliphatic carbocycles. The van der Waals surface area contributed by atoms with Crippen LogP contribution in [0.25, 0.3) is 0 Å². The highest BCUT2D eigenvalue weighted by Gasteiger charge is 2.00. The number of benzene rings is 1. The molecule has 0 saturated carbocycles. The molecule has 19 heavy (non-hydrogen) atoms. The molecule has 0 saturated heterocycles. The molecule has 1 rings (SSSR count). The Morgan fingerprint density at radius 3 is 2.68 bits per heavy atom. The predicted octanol–water partition coefficient (Wildman–Crippen LogP) is 2.24. The maximum Gasteiger partial charge on any atom is 0.229 e. The van der Waals surface area contributed by atoms with Crippen molar-refractivity contribution in [3.63, 3.8) is 0 Å². The van der Waals surface area contributed by atoms with E-state index in [0.29, 0.717) is 5.75 Å². The van der Waals surface area contributed by atoms with Crippen LogP contribution in [0.1, 0.15) is 24.8 Å². The van der Waals surface area contributed by atoms with Crippen molar-refractivity contribution in [2.45, 2.75) is 25.7 Å². The molecule has 1 aromatic carbocycles. The van der Waals surface area contributed by atoms with E-state index in [-0.39, 0.29) is 12.5 Å². The summed E-state index contributed by atoms with van der Waals surface area (Å²) < 4.78 is 0. The normalized spacial score (nSPS) is 10.4. The van der Waals surface area contributed by atoms with Gasteiger partial charge in [0, 0.05) is 13.2 Å². The number of thioether (sulfide) groups is 1. The molecule has 0 aliphatic rings. The highest BCUT2D eigenvalue weighted by molar-refractivity contribution is 7.99. The van der Waals surface area contributed by atoms with E-state index in [1.807, 2.05) is 18.2 Å². The van der Waals surface area contributed by atoms with Crippen LogP contribution in [0, 0.1) is 0 Å². The molecule has 0 aromatic heterocycles. The molecule has 1 amide bonds. The van der Waals surface area contributed by atoms with Crippen LogP contribution < -0.4 is 5.32 Å². The predicted molar refractivity (Wildman–Crippen MR) is 81.4 cm³/mol. The number of aryl methyl sites for hydroxylation is 1. The fourth-order valence-corrected chi connectivity index (χ4v) is 2.50. The first-order valence-corrected chi connectivity index (χ1v) is 7.97. The molecule has 0 bridgehead atoms. The molecule has 2 N–H and O–H groups in total. The van der Waals surface area contributed by atoms with Crippen molar-refractivity contribution in [1.82, 2.24) is 5.32 Å². The van der Waals surface area contributed by atoms with Crippen molar-refractivity contribution < 1.29 is 9.90 Å². The van der Waals surface area contributed by atoms with E-state index in [2.05, 4.69) is 17.4 Å². The zero-order valence-electron chi connectivity index (χ0n) is 11.3. The van der Waals surface area contributed by atoms with Gasteiger partial charge in [-0.1, -0.05) is 30.3 Å². The number of hydrogen-bond donors (Lipinski definition) is 2. The van der Waals surface area contributed by atoms with E-state index in [1.54, 1.807) is 11.8 Å². The molecule has 1 aromatic rings. The molecular weight excluding hydrogens is 258 g/mol. The molecule has 0 fully saturated rings. The quantitative estimate of drug-likeness (QED) is 0.647. The fourth-order valence-electron chi connectivity index (χ4n) is 1.69. The van der Waals surface area contributed by atoms with Gasteiger partial charge in [0.05, 0.1) is 5.75 Å². The minimum atomic E-state index is 0.113. The Balaban J connectivity index is 1.95. The second-order valence-corrected chi connectivity index (χ2v) is 5.53. The molecule has 106 valence electrons. The molecule has 4 heteroatoms. The van der Waals surface area contributed by atoms with Gasteiger partial charge in [-0.05, 0) is 37.0 Å². The summed E-state index contributed by atoms with van der Waals surface area (Å²) in [5.41, 5.74) is 1.32. The number of nitrogens with one attached hydrogen (secondary N) is 1. The third-order valence-electron chi connectivity index (χ3n) is 2.77. The number of aliphatic hydroxyl groups excluding tert-OH is 1. The van der Waals surface area contributed by atoms with Crippen molar-refractivity contribution in [1.29, 1.82) is 0 Å². The van der Waals surface area contributed by atoms with E-state index in [1.165, 1.54) is 5.56 Å². The number of carbonyl (C=O) groups is 1. The van der Waals surface area contributed by atoms with E-state index < -0.39 is 0 Å². The highest BCUT2D eigenvalue weighted by atomic mass is 32.2. The van der Waals surface area contributed by atoms with Gasteiger partial charge >= 0.3 is 0 Å². The summed E-state index contributed by atoms with van der Waals surface area (Å²) in [6.45, 7) is 0.960. The molecule has 0 aliphatic heterocycles. The summed E-state index contributed by atoms with van der Waals surface area (Å²) in [6, 6.07) is 10.3. The minimum absolute atomic E-state index is 0.113. The van der Waals surface area contributed by atoms with Crippen LogP contribution >= 0.6 is 11.8 Å². The average Bonchev–Trinajstić information content (AvgIpc) is 2.44. The highest BCUT2D eigenvalue weighted by Crippen LogP contribution is 2.06. The Morgan fingerprint density at radius 1 is 1.16 bits per heavy atom. The standard InChI is InChI=1S/C15H23NO2S/c17-11-6-2-5-10-16-15(18)13-19-12-9-14-7-3-1-4-8-14/h1,3-4,7-8,17H,2,5-6,9-13H2,(H,16,18).